The molecule has 24 nitrogen and oxygen atoms in total. The number of aliphatic hydroxyl groups excluding tert-OH is 1. The molecule has 0 aliphatic carbocycles. The molecular formula is C46H65N9O15. The highest BCUT2D eigenvalue weighted by atomic mass is 16.4. The Balaban J connectivity index is 1.77. The third-order valence-corrected chi connectivity index (χ3v) is 11.7. The summed E-state index contributed by atoms with van der Waals surface area (Å²) < 4.78 is 0. The molecule has 3 rings (SSSR count). The maximum atomic E-state index is 13.9. The summed E-state index contributed by atoms with van der Waals surface area (Å²) in [5, 5.41) is 63.6. The Hall–Kier alpha value is -7.34. The number of aliphatic hydroxyl groups is 1. The van der Waals surface area contributed by atoms with E-state index in [1.54, 1.807) is 13.8 Å². The first kappa shape index (κ1) is 57.0. The van der Waals surface area contributed by atoms with E-state index in [-0.39, 0.29) is 43.7 Å². The standard InChI is InChI=1S/C46H65N9O15/c1-5-23(2)37(46(69)70)53-42(65)33(22-27-10-14-29(58)15-11-27)52-41(64)31(16-18-35(48)59)50-43(66)34-7-6-20-55(34)45(68)24(3)49-40(63)32(17-19-36(60)61)51-44(67)38(25(4)56)54-39(62)30(47)21-26-8-12-28(57)13-9-26/h8-15,23-25,30-34,37-38,56-58H,5-7,16-22,47H2,1-4H3,(H2,48,59)(H,49,63)(H,50,66)(H,51,67)(H,52,64)(H,53,65)(H,54,62)(H,60,61)(H,69,70)/t23-,24+,25+,30+,31-,32-,33-,34-,37-,38+/m0/s1. The number of phenolic OH excluding ortho intramolecular Hbond substituents is 2. The normalized spacial score (nSPS) is 17.1. The lowest BCUT2D eigenvalue weighted by atomic mass is 9.98. The molecule has 70 heavy (non-hydrogen) atoms. The van der Waals surface area contributed by atoms with E-state index in [2.05, 4.69) is 31.9 Å². The van der Waals surface area contributed by atoms with Gasteiger partial charge in [-0.1, -0.05) is 44.5 Å². The number of phenols is 2. The predicted octanol–water partition coefficient (Wildman–Crippen LogP) is -2.23. The number of hydrogen-bond acceptors (Lipinski definition) is 14. The van der Waals surface area contributed by atoms with E-state index in [9.17, 15) is 73.5 Å². The molecule has 1 heterocycles. The minimum absolute atomic E-state index is 0.00884. The van der Waals surface area contributed by atoms with Gasteiger partial charge in [-0.15, -0.1) is 0 Å². The molecule has 1 saturated heterocycles. The number of aliphatic carboxylic acids is 2. The zero-order valence-corrected chi connectivity index (χ0v) is 39.4. The van der Waals surface area contributed by atoms with Crippen LogP contribution in [0.3, 0.4) is 0 Å². The van der Waals surface area contributed by atoms with Crippen molar-refractivity contribution in [3.8, 4) is 11.5 Å². The Labute approximate surface area is 403 Å². The van der Waals surface area contributed by atoms with Gasteiger partial charge < -0.3 is 73.8 Å². The van der Waals surface area contributed by atoms with Gasteiger partial charge in [-0.2, -0.15) is 0 Å². The van der Waals surface area contributed by atoms with Crippen LogP contribution in [0.2, 0.25) is 0 Å². The van der Waals surface area contributed by atoms with Crippen molar-refractivity contribution in [2.45, 2.75) is 140 Å². The third kappa shape index (κ3) is 17.6. The van der Waals surface area contributed by atoms with Crippen LogP contribution in [-0.4, -0.2) is 151 Å². The van der Waals surface area contributed by atoms with Crippen molar-refractivity contribution in [2.75, 3.05) is 6.54 Å². The number of likely N-dealkylation sites (tertiary alicyclic amines) is 1. The van der Waals surface area contributed by atoms with Crippen LogP contribution in [0.15, 0.2) is 48.5 Å². The van der Waals surface area contributed by atoms with Crippen molar-refractivity contribution in [3.05, 3.63) is 59.7 Å². The maximum absolute atomic E-state index is 13.9. The second kappa shape index (κ2) is 27.0. The van der Waals surface area contributed by atoms with Crippen molar-refractivity contribution in [2.24, 2.45) is 17.4 Å². The SMILES string of the molecule is CC[C@H](C)[C@H](NC(=O)[C@H](Cc1ccc(O)cc1)NC(=O)[C@H](CCC(N)=O)NC(=O)[C@@H]1CCCN1C(=O)[C@@H](C)NC(=O)[C@H](CCC(=O)O)NC(=O)[C@H](NC(=O)[C@H](N)Cc1ccc(O)cc1)[C@@H](C)O)C(=O)O. The van der Waals surface area contributed by atoms with Crippen LogP contribution in [0.1, 0.15) is 83.8 Å². The van der Waals surface area contributed by atoms with Crippen molar-refractivity contribution in [3.63, 3.8) is 0 Å². The van der Waals surface area contributed by atoms with Gasteiger partial charge in [0.2, 0.25) is 47.3 Å². The number of primary amides is 1. The van der Waals surface area contributed by atoms with Crippen LogP contribution in [0.4, 0.5) is 0 Å². The molecule has 15 N–H and O–H groups in total. The lowest BCUT2D eigenvalue weighted by Gasteiger charge is -2.30. The molecule has 0 aromatic heterocycles. The lowest BCUT2D eigenvalue weighted by molar-refractivity contribution is -0.144. The number of carboxylic acids is 2. The number of amides is 8. The number of hydrogen-bond donors (Lipinski definition) is 13. The van der Waals surface area contributed by atoms with Crippen LogP contribution in [0.5, 0.6) is 11.5 Å². The molecule has 24 heteroatoms. The molecule has 0 spiro atoms. The van der Waals surface area contributed by atoms with Crippen molar-refractivity contribution >= 4 is 59.2 Å². The molecular weight excluding hydrogens is 919 g/mol. The summed E-state index contributed by atoms with van der Waals surface area (Å²) in [6.45, 7) is 5.82. The van der Waals surface area contributed by atoms with Gasteiger partial charge in [0.25, 0.3) is 0 Å². The first-order chi connectivity index (χ1) is 32.9. The van der Waals surface area contributed by atoms with E-state index in [4.69, 9.17) is 11.5 Å². The number of aromatic hydroxyl groups is 2. The van der Waals surface area contributed by atoms with Crippen molar-refractivity contribution in [1.82, 2.24) is 36.8 Å². The van der Waals surface area contributed by atoms with Gasteiger partial charge in [0.1, 0.15) is 53.8 Å². The zero-order valence-electron chi connectivity index (χ0n) is 39.4. The Morgan fingerprint density at radius 3 is 1.69 bits per heavy atom. The van der Waals surface area contributed by atoms with E-state index >= 15 is 0 Å². The first-order valence-corrected chi connectivity index (χ1v) is 22.8. The predicted molar refractivity (Wildman–Crippen MR) is 248 cm³/mol. The fourth-order valence-corrected chi connectivity index (χ4v) is 7.48. The third-order valence-electron chi connectivity index (χ3n) is 11.7. The van der Waals surface area contributed by atoms with Crippen molar-refractivity contribution < 1.29 is 73.5 Å². The van der Waals surface area contributed by atoms with Gasteiger partial charge in [0.05, 0.1) is 12.1 Å². The summed E-state index contributed by atoms with van der Waals surface area (Å²) >= 11 is 0. The number of carboxylic acid groups (broad SMARTS) is 2. The first-order valence-electron chi connectivity index (χ1n) is 22.8. The smallest absolute Gasteiger partial charge is 0.326 e. The molecule has 384 valence electrons. The molecule has 0 unspecified atom stereocenters. The average molecular weight is 984 g/mol. The Morgan fingerprint density at radius 2 is 1.16 bits per heavy atom. The number of nitrogens with one attached hydrogen (secondary N) is 6. The minimum atomic E-state index is -1.67. The molecule has 1 fully saturated rings. The van der Waals surface area contributed by atoms with Gasteiger partial charge in [0.15, 0.2) is 0 Å². The van der Waals surface area contributed by atoms with Gasteiger partial charge in [0, 0.05) is 25.8 Å². The summed E-state index contributed by atoms with van der Waals surface area (Å²) in [5.41, 5.74) is 12.4. The monoisotopic (exact) mass is 983 g/mol. The van der Waals surface area contributed by atoms with E-state index in [0.717, 1.165) is 4.90 Å². The number of benzene rings is 2. The number of nitrogens with zero attached hydrogens (tertiary/aromatic N) is 1. The van der Waals surface area contributed by atoms with Gasteiger partial charge in [-0.25, -0.2) is 4.79 Å². The highest BCUT2D eigenvalue weighted by molar-refractivity contribution is 5.98. The number of carbonyl (C=O) groups excluding carboxylic acids is 8. The topological polar surface area (TPSA) is 399 Å². The summed E-state index contributed by atoms with van der Waals surface area (Å²) in [7, 11) is 0. The molecule has 2 aromatic rings. The number of rotatable bonds is 27. The van der Waals surface area contributed by atoms with Crippen LogP contribution in [0.25, 0.3) is 0 Å². The van der Waals surface area contributed by atoms with Crippen LogP contribution >= 0.6 is 0 Å². The van der Waals surface area contributed by atoms with E-state index in [1.165, 1.54) is 62.4 Å². The van der Waals surface area contributed by atoms with Crippen LogP contribution in [0, 0.1) is 5.92 Å². The van der Waals surface area contributed by atoms with E-state index in [1.807, 2.05) is 0 Å². The van der Waals surface area contributed by atoms with Crippen LogP contribution in [-0.2, 0) is 60.8 Å². The molecule has 10 atom stereocenters. The highest BCUT2D eigenvalue weighted by Gasteiger charge is 2.40. The highest BCUT2D eigenvalue weighted by Crippen LogP contribution is 2.20. The molecule has 0 saturated carbocycles. The van der Waals surface area contributed by atoms with E-state index in [0.29, 0.717) is 24.0 Å². The van der Waals surface area contributed by atoms with Crippen LogP contribution < -0.4 is 43.4 Å². The molecule has 0 bridgehead atoms. The fourth-order valence-electron chi connectivity index (χ4n) is 7.48. The van der Waals surface area contributed by atoms with Gasteiger partial charge >= 0.3 is 11.9 Å². The van der Waals surface area contributed by atoms with E-state index < -0.39 is 139 Å². The summed E-state index contributed by atoms with van der Waals surface area (Å²) in [6.07, 6.45) is -2.85. The molecule has 1 aliphatic rings. The van der Waals surface area contributed by atoms with Gasteiger partial charge in [-0.3, -0.25) is 43.2 Å². The molecule has 2 aromatic carbocycles. The summed E-state index contributed by atoms with van der Waals surface area (Å²) in [5.74, 6) is -10.5. The molecule has 0 radical (unpaired) electrons. The number of carbonyl (C=O) groups is 10. The Morgan fingerprint density at radius 1 is 0.657 bits per heavy atom. The summed E-state index contributed by atoms with van der Waals surface area (Å²) in [6, 6.07) is 0.0996. The second-order valence-electron chi connectivity index (χ2n) is 17.3. The average Bonchev–Trinajstić information content (AvgIpc) is 3.80. The maximum Gasteiger partial charge on any atom is 0.326 e. The lowest BCUT2D eigenvalue weighted by Crippen LogP contribution is -2.61. The Bertz CT molecular complexity index is 2190. The quantitative estimate of drug-likeness (QED) is 0.0451. The van der Waals surface area contributed by atoms with Crippen molar-refractivity contribution in [1.29, 1.82) is 0 Å². The molecule has 1 aliphatic heterocycles. The number of nitrogens with two attached hydrogens (primary N) is 2. The largest absolute Gasteiger partial charge is 0.508 e. The second-order valence-corrected chi connectivity index (χ2v) is 17.3. The Kier molecular flexibility index (Phi) is 22.0. The van der Waals surface area contributed by atoms with Gasteiger partial charge in [-0.05, 0) is 87.3 Å². The molecule has 8 amide bonds. The minimum Gasteiger partial charge on any atom is -0.508 e. The zero-order chi connectivity index (χ0) is 52.4. The summed E-state index contributed by atoms with van der Waals surface area (Å²) in [4.78, 5) is 132. The fraction of sp³-hybridized carbons (Fsp3) is 0.522.